The zero-order valence-electron chi connectivity index (χ0n) is 17.9. The standard InChI is InChI=1S/C20H21N5O6S2/c1-30-18(26)14-5-3-4-6-16(14)33(28,29)13-7-9-24(10-8-13)20(27)25(31-2)19-23-15-11-21-12-22-17(15)32-19/h3-6,11-13H,7-10H2,1-2H3. The van der Waals surface area contributed by atoms with Gasteiger partial charge in [0, 0.05) is 13.1 Å². The van der Waals surface area contributed by atoms with Gasteiger partial charge in [-0.3, -0.25) is 4.84 Å². The molecule has 0 radical (unpaired) electrons. The van der Waals surface area contributed by atoms with E-state index in [1.807, 2.05) is 0 Å². The van der Waals surface area contributed by atoms with Crippen molar-refractivity contribution in [2.45, 2.75) is 23.0 Å². The van der Waals surface area contributed by atoms with Crippen molar-refractivity contribution in [1.82, 2.24) is 19.9 Å². The number of esters is 1. The molecular weight excluding hydrogens is 470 g/mol. The number of aromatic nitrogens is 3. The first-order valence-electron chi connectivity index (χ1n) is 9.97. The van der Waals surface area contributed by atoms with E-state index in [0.29, 0.717) is 15.5 Å². The summed E-state index contributed by atoms with van der Waals surface area (Å²) in [6, 6.07) is 5.53. The van der Waals surface area contributed by atoms with Gasteiger partial charge in [-0.25, -0.2) is 33.0 Å². The second kappa shape index (κ2) is 9.37. The lowest BCUT2D eigenvalue weighted by Gasteiger charge is -2.33. The molecule has 0 unspecified atom stereocenters. The van der Waals surface area contributed by atoms with E-state index in [1.54, 1.807) is 18.3 Å². The smallest absolute Gasteiger partial charge is 0.350 e. The maximum atomic E-state index is 13.2. The molecule has 174 valence electrons. The number of urea groups is 1. The van der Waals surface area contributed by atoms with Crippen molar-refractivity contribution in [3.8, 4) is 0 Å². The van der Waals surface area contributed by atoms with Gasteiger partial charge in [-0.15, -0.1) is 5.06 Å². The predicted molar refractivity (Wildman–Crippen MR) is 120 cm³/mol. The monoisotopic (exact) mass is 491 g/mol. The van der Waals surface area contributed by atoms with Crippen LogP contribution < -0.4 is 5.06 Å². The van der Waals surface area contributed by atoms with Gasteiger partial charge in [0.25, 0.3) is 0 Å². The normalized spacial score (nSPS) is 14.9. The summed E-state index contributed by atoms with van der Waals surface area (Å²) in [6.45, 7) is 0.404. The SMILES string of the molecule is COC(=O)c1ccccc1S(=O)(=O)C1CCN(C(=O)N(OC)c2nc3cncnc3s2)CC1. The van der Waals surface area contributed by atoms with Gasteiger partial charge in [0.1, 0.15) is 16.7 Å². The Morgan fingerprint density at radius 2 is 1.91 bits per heavy atom. The zero-order chi connectivity index (χ0) is 23.6. The molecule has 33 heavy (non-hydrogen) atoms. The largest absolute Gasteiger partial charge is 0.465 e. The van der Waals surface area contributed by atoms with Crippen LogP contribution in [0, 0.1) is 0 Å². The average molecular weight is 492 g/mol. The third kappa shape index (κ3) is 4.38. The number of methoxy groups -OCH3 is 1. The van der Waals surface area contributed by atoms with Crippen molar-refractivity contribution in [3.05, 3.63) is 42.4 Å². The zero-order valence-corrected chi connectivity index (χ0v) is 19.5. The molecule has 3 heterocycles. The molecule has 1 aliphatic heterocycles. The fourth-order valence-corrected chi connectivity index (χ4v) is 6.43. The van der Waals surface area contributed by atoms with Gasteiger partial charge in [-0.1, -0.05) is 23.5 Å². The molecule has 13 heteroatoms. The molecule has 1 saturated heterocycles. The van der Waals surface area contributed by atoms with Gasteiger partial charge >= 0.3 is 12.0 Å². The van der Waals surface area contributed by atoms with Crippen molar-refractivity contribution < 1.29 is 27.6 Å². The number of sulfone groups is 1. The number of nitrogens with zero attached hydrogens (tertiary/aromatic N) is 5. The minimum atomic E-state index is -3.80. The quantitative estimate of drug-likeness (QED) is 0.389. The van der Waals surface area contributed by atoms with Crippen molar-refractivity contribution in [2.75, 3.05) is 32.4 Å². The third-order valence-electron chi connectivity index (χ3n) is 5.34. The molecule has 0 spiro atoms. The molecule has 0 N–H and O–H groups in total. The second-order valence-electron chi connectivity index (χ2n) is 7.19. The molecule has 1 aliphatic rings. The van der Waals surface area contributed by atoms with Gasteiger partial charge in [-0.2, -0.15) is 0 Å². The highest BCUT2D eigenvalue weighted by Gasteiger charge is 2.36. The second-order valence-corrected chi connectivity index (χ2v) is 10.3. The Labute approximate surface area is 193 Å². The minimum Gasteiger partial charge on any atom is -0.465 e. The van der Waals surface area contributed by atoms with E-state index >= 15 is 0 Å². The van der Waals surface area contributed by atoms with Gasteiger partial charge in [-0.05, 0) is 25.0 Å². The summed E-state index contributed by atoms with van der Waals surface area (Å²) < 4.78 is 31.2. The number of hydrogen-bond donors (Lipinski definition) is 0. The number of fused-ring (bicyclic) bond motifs is 1. The van der Waals surface area contributed by atoms with Crippen LogP contribution in [0.25, 0.3) is 10.3 Å². The molecule has 1 fully saturated rings. The molecular formula is C20H21N5O6S2. The molecule has 1 aromatic carbocycles. The lowest BCUT2D eigenvalue weighted by Crippen LogP contribution is -2.48. The first kappa shape index (κ1) is 23.0. The van der Waals surface area contributed by atoms with E-state index in [9.17, 15) is 18.0 Å². The maximum Gasteiger partial charge on any atom is 0.350 e. The van der Waals surface area contributed by atoms with Gasteiger partial charge in [0.15, 0.2) is 9.84 Å². The summed E-state index contributed by atoms with van der Waals surface area (Å²) in [7, 11) is -1.24. The van der Waals surface area contributed by atoms with Crippen LogP contribution >= 0.6 is 11.3 Å². The predicted octanol–water partition coefficient (Wildman–Crippen LogP) is 2.30. The van der Waals surface area contributed by atoms with Crippen LogP contribution in [0.15, 0.2) is 41.7 Å². The Bertz CT molecular complexity index is 1250. The average Bonchev–Trinajstić information content (AvgIpc) is 3.27. The number of thiazole rings is 1. The van der Waals surface area contributed by atoms with Crippen LogP contribution in [0.1, 0.15) is 23.2 Å². The van der Waals surface area contributed by atoms with Crippen LogP contribution in [0.3, 0.4) is 0 Å². The summed E-state index contributed by atoms with van der Waals surface area (Å²) in [5, 5.41) is 0.633. The van der Waals surface area contributed by atoms with Crippen LogP contribution in [-0.2, 0) is 19.4 Å². The van der Waals surface area contributed by atoms with E-state index in [2.05, 4.69) is 15.0 Å². The number of ether oxygens (including phenoxy) is 1. The molecule has 0 aliphatic carbocycles. The first-order chi connectivity index (χ1) is 15.9. The molecule has 11 nitrogen and oxygen atoms in total. The van der Waals surface area contributed by atoms with Gasteiger partial charge in [0.05, 0.1) is 36.1 Å². The van der Waals surface area contributed by atoms with E-state index in [4.69, 9.17) is 9.57 Å². The number of hydroxylamine groups is 1. The number of benzene rings is 1. The van der Waals surface area contributed by atoms with Crippen LogP contribution in [-0.4, -0.2) is 72.8 Å². The number of amides is 2. The molecule has 4 rings (SSSR count). The molecule has 0 saturated carbocycles. The van der Waals surface area contributed by atoms with E-state index in [1.165, 1.54) is 48.9 Å². The van der Waals surface area contributed by atoms with Crippen molar-refractivity contribution in [2.24, 2.45) is 0 Å². The first-order valence-corrected chi connectivity index (χ1v) is 12.3. The summed E-state index contributed by atoms with van der Waals surface area (Å²) in [4.78, 5) is 44.8. The highest BCUT2D eigenvalue weighted by molar-refractivity contribution is 7.92. The summed E-state index contributed by atoms with van der Waals surface area (Å²) in [5.74, 6) is -0.710. The summed E-state index contributed by atoms with van der Waals surface area (Å²) in [6.07, 6.45) is 3.37. The lowest BCUT2D eigenvalue weighted by atomic mass is 10.1. The maximum absolute atomic E-state index is 13.2. The Kier molecular flexibility index (Phi) is 6.54. The third-order valence-corrected chi connectivity index (χ3v) is 8.61. The van der Waals surface area contributed by atoms with Crippen LogP contribution in [0.5, 0.6) is 0 Å². The minimum absolute atomic E-state index is 0.00278. The number of anilines is 1. The summed E-state index contributed by atoms with van der Waals surface area (Å²) in [5.41, 5.74) is 0.546. The Morgan fingerprint density at radius 3 is 2.58 bits per heavy atom. The number of carbonyl (C=O) groups is 2. The number of piperidine rings is 1. The van der Waals surface area contributed by atoms with Gasteiger partial charge < -0.3 is 9.64 Å². The molecule has 3 aromatic rings. The Balaban J connectivity index is 1.49. The van der Waals surface area contributed by atoms with Crippen LogP contribution in [0.4, 0.5) is 9.93 Å². The van der Waals surface area contributed by atoms with Gasteiger partial charge in [0.2, 0.25) is 5.13 Å². The van der Waals surface area contributed by atoms with Crippen molar-refractivity contribution in [3.63, 3.8) is 0 Å². The molecule has 2 amide bonds. The lowest BCUT2D eigenvalue weighted by molar-refractivity contribution is 0.0596. The summed E-state index contributed by atoms with van der Waals surface area (Å²) >= 11 is 1.18. The Morgan fingerprint density at radius 1 is 1.18 bits per heavy atom. The van der Waals surface area contributed by atoms with E-state index in [-0.39, 0.29) is 36.4 Å². The van der Waals surface area contributed by atoms with Crippen molar-refractivity contribution in [1.29, 1.82) is 0 Å². The topological polar surface area (TPSA) is 132 Å². The number of likely N-dealkylation sites (tertiary alicyclic amines) is 1. The van der Waals surface area contributed by atoms with E-state index < -0.39 is 27.1 Å². The number of rotatable bonds is 5. The highest BCUT2D eigenvalue weighted by Crippen LogP contribution is 2.30. The van der Waals surface area contributed by atoms with Crippen molar-refractivity contribution >= 4 is 48.7 Å². The Hall–Kier alpha value is -3.16. The molecule has 0 atom stereocenters. The van der Waals surface area contributed by atoms with E-state index in [0.717, 1.165) is 5.06 Å². The number of hydrogen-bond acceptors (Lipinski definition) is 10. The molecule has 0 bridgehead atoms. The number of carbonyl (C=O) groups excluding carboxylic acids is 2. The molecule has 2 aromatic heterocycles. The fraction of sp³-hybridized carbons (Fsp3) is 0.350. The highest BCUT2D eigenvalue weighted by atomic mass is 32.2. The fourth-order valence-electron chi connectivity index (χ4n) is 3.66. The van der Waals surface area contributed by atoms with Crippen LogP contribution in [0.2, 0.25) is 0 Å².